The van der Waals surface area contributed by atoms with Crippen LogP contribution >= 0.6 is 0 Å². The molecular weight excluding hydrogens is 204 g/mol. The van der Waals surface area contributed by atoms with E-state index in [2.05, 4.69) is 13.8 Å². The minimum absolute atomic E-state index is 0.0730. The number of carboxylic acids is 1. The largest absolute Gasteiger partial charge is 0.481 e. The molecule has 1 unspecified atom stereocenters. The summed E-state index contributed by atoms with van der Waals surface area (Å²) in [4.78, 5) is 11.4. The van der Waals surface area contributed by atoms with Crippen molar-refractivity contribution in [3.8, 4) is 0 Å². The SMILES string of the molecule is CCC(CC)(CC1CCC(C)(C)O1)C(=O)O. The monoisotopic (exact) mass is 228 g/mol. The summed E-state index contributed by atoms with van der Waals surface area (Å²) in [5, 5.41) is 9.36. The summed E-state index contributed by atoms with van der Waals surface area (Å²) in [6.07, 6.45) is 4.14. The molecule has 0 saturated carbocycles. The van der Waals surface area contributed by atoms with Crippen molar-refractivity contribution in [1.29, 1.82) is 0 Å². The van der Waals surface area contributed by atoms with Crippen molar-refractivity contribution >= 4 is 5.97 Å². The molecule has 1 atom stereocenters. The number of carboxylic acid groups (broad SMARTS) is 1. The Morgan fingerprint density at radius 1 is 1.44 bits per heavy atom. The van der Waals surface area contributed by atoms with E-state index >= 15 is 0 Å². The molecule has 1 saturated heterocycles. The average molecular weight is 228 g/mol. The first-order valence-corrected chi connectivity index (χ1v) is 6.26. The molecule has 16 heavy (non-hydrogen) atoms. The lowest BCUT2D eigenvalue weighted by Crippen LogP contribution is -2.34. The van der Waals surface area contributed by atoms with Crippen LogP contribution in [0.2, 0.25) is 0 Å². The van der Waals surface area contributed by atoms with E-state index in [1.807, 2.05) is 13.8 Å². The van der Waals surface area contributed by atoms with Crippen LogP contribution in [-0.4, -0.2) is 22.8 Å². The predicted octanol–water partition coefficient (Wildman–Crippen LogP) is 3.23. The van der Waals surface area contributed by atoms with Gasteiger partial charge in [-0.1, -0.05) is 13.8 Å². The predicted molar refractivity (Wildman–Crippen MR) is 63.5 cm³/mol. The molecule has 1 fully saturated rings. The van der Waals surface area contributed by atoms with Crippen molar-refractivity contribution in [2.24, 2.45) is 5.41 Å². The fourth-order valence-electron chi connectivity index (χ4n) is 2.59. The molecule has 1 aliphatic rings. The standard InChI is InChI=1S/C13H24O3/c1-5-13(6-2,11(14)15)9-10-7-8-12(3,4)16-10/h10H,5-9H2,1-4H3,(H,14,15). The number of rotatable bonds is 5. The number of aliphatic carboxylic acids is 1. The molecule has 0 aromatic carbocycles. The molecule has 0 aromatic rings. The average Bonchev–Trinajstić information content (AvgIpc) is 2.54. The van der Waals surface area contributed by atoms with Gasteiger partial charge in [-0.25, -0.2) is 0 Å². The Balaban J connectivity index is 2.67. The van der Waals surface area contributed by atoms with Gasteiger partial charge in [-0.15, -0.1) is 0 Å². The van der Waals surface area contributed by atoms with Crippen LogP contribution in [-0.2, 0) is 9.53 Å². The Morgan fingerprint density at radius 3 is 2.31 bits per heavy atom. The molecule has 3 heteroatoms. The molecule has 0 bridgehead atoms. The van der Waals surface area contributed by atoms with Crippen LogP contribution in [0.25, 0.3) is 0 Å². The molecule has 0 radical (unpaired) electrons. The van der Waals surface area contributed by atoms with Crippen LogP contribution in [0.1, 0.15) is 59.8 Å². The van der Waals surface area contributed by atoms with Gasteiger partial charge in [-0.05, 0) is 46.0 Å². The second kappa shape index (κ2) is 4.74. The maximum Gasteiger partial charge on any atom is 0.309 e. The van der Waals surface area contributed by atoms with Crippen LogP contribution < -0.4 is 0 Å². The summed E-state index contributed by atoms with van der Waals surface area (Å²) in [7, 11) is 0. The minimum Gasteiger partial charge on any atom is -0.481 e. The van der Waals surface area contributed by atoms with E-state index in [1.54, 1.807) is 0 Å². The molecule has 94 valence electrons. The lowest BCUT2D eigenvalue weighted by Gasteiger charge is -2.30. The van der Waals surface area contributed by atoms with Crippen LogP contribution in [0.4, 0.5) is 0 Å². The van der Waals surface area contributed by atoms with E-state index in [9.17, 15) is 9.90 Å². The third-order valence-electron chi connectivity index (χ3n) is 3.98. The molecule has 1 aliphatic heterocycles. The van der Waals surface area contributed by atoms with Gasteiger partial charge >= 0.3 is 5.97 Å². The summed E-state index contributed by atoms with van der Waals surface area (Å²) >= 11 is 0. The first kappa shape index (κ1) is 13.5. The van der Waals surface area contributed by atoms with Crippen molar-refractivity contribution in [2.45, 2.75) is 71.5 Å². The van der Waals surface area contributed by atoms with Gasteiger partial charge in [-0.3, -0.25) is 4.79 Å². The van der Waals surface area contributed by atoms with Crippen LogP contribution in [0.3, 0.4) is 0 Å². The molecule has 1 rings (SSSR count). The van der Waals surface area contributed by atoms with E-state index in [0.29, 0.717) is 19.3 Å². The highest BCUT2D eigenvalue weighted by atomic mass is 16.5. The summed E-state index contributed by atoms with van der Waals surface area (Å²) in [6, 6.07) is 0. The van der Waals surface area contributed by atoms with Gasteiger partial charge in [0.1, 0.15) is 0 Å². The molecule has 3 nitrogen and oxygen atoms in total. The van der Waals surface area contributed by atoms with Gasteiger partial charge in [0.2, 0.25) is 0 Å². The Labute approximate surface area is 98.2 Å². The van der Waals surface area contributed by atoms with Gasteiger partial charge in [0.25, 0.3) is 0 Å². The fraction of sp³-hybridized carbons (Fsp3) is 0.923. The molecule has 0 amide bonds. The highest BCUT2D eigenvalue weighted by molar-refractivity contribution is 5.74. The summed E-state index contributed by atoms with van der Waals surface area (Å²) in [5.74, 6) is -0.675. The zero-order valence-corrected chi connectivity index (χ0v) is 10.9. The zero-order valence-electron chi connectivity index (χ0n) is 10.9. The highest BCUT2D eigenvalue weighted by Crippen LogP contribution is 2.39. The normalized spacial score (nSPS) is 24.6. The van der Waals surface area contributed by atoms with Gasteiger partial charge < -0.3 is 9.84 Å². The van der Waals surface area contributed by atoms with Crippen molar-refractivity contribution < 1.29 is 14.6 Å². The van der Waals surface area contributed by atoms with Crippen molar-refractivity contribution in [2.75, 3.05) is 0 Å². The Morgan fingerprint density at radius 2 is 2.00 bits per heavy atom. The fourth-order valence-corrected chi connectivity index (χ4v) is 2.59. The van der Waals surface area contributed by atoms with Gasteiger partial charge in [0, 0.05) is 0 Å². The van der Waals surface area contributed by atoms with E-state index in [1.165, 1.54) is 0 Å². The number of carbonyl (C=O) groups is 1. The molecule has 0 aromatic heterocycles. The third kappa shape index (κ3) is 2.76. The number of hydrogen-bond acceptors (Lipinski definition) is 2. The first-order chi connectivity index (χ1) is 7.35. The topological polar surface area (TPSA) is 46.5 Å². The maximum absolute atomic E-state index is 11.4. The lowest BCUT2D eigenvalue weighted by molar-refractivity contribution is -0.153. The maximum atomic E-state index is 11.4. The Hall–Kier alpha value is -0.570. The smallest absolute Gasteiger partial charge is 0.309 e. The minimum atomic E-state index is -0.675. The third-order valence-corrected chi connectivity index (χ3v) is 3.98. The number of hydrogen-bond donors (Lipinski definition) is 1. The van der Waals surface area contributed by atoms with Crippen LogP contribution in [0, 0.1) is 5.41 Å². The Kier molecular flexibility index (Phi) is 4.00. The summed E-state index contributed by atoms with van der Waals surface area (Å²) in [5.41, 5.74) is -0.665. The van der Waals surface area contributed by atoms with Gasteiger partial charge in [-0.2, -0.15) is 0 Å². The molecule has 0 spiro atoms. The highest BCUT2D eigenvalue weighted by Gasteiger charge is 2.41. The summed E-state index contributed by atoms with van der Waals surface area (Å²) in [6.45, 7) is 8.07. The van der Waals surface area contributed by atoms with Crippen molar-refractivity contribution in [1.82, 2.24) is 0 Å². The second-order valence-electron chi connectivity index (χ2n) is 5.53. The van der Waals surface area contributed by atoms with Crippen molar-refractivity contribution in [3.63, 3.8) is 0 Å². The Bertz CT molecular complexity index is 254. The van der Waals surface area contributed by atoms with Crippen LogP contribution in [0.15, 0.2) is 0 Å². The summed E-state index contributed by atoms with van der Waals surface area (Å²) < 4.78 is 5.89. The molecule has 1 heterocycles. The second-order valence-corrected chi connectivity index (χ2v) is 5.53. The van der Waals surface area contributed by atoms with Gasteiger partial charge in [0.15, 0.2) is 0 Å². The first-order valence-electron chi connectivity index (χ1n) is 6.26. The van der Waals surface area contributed by atoms with Crippen molar-refractivity contribution in [3.05, 3.63) is 0 Å². The van der Waals surface area contributed by atoms with E-state index in [4.69, 9.17) is 4.74 Å². The lowest BCUT2D eigenvalue weighted by atomic mass is 9.77. The quantitative estimate of drug-likeness (QED) is 0.785. The van der Waals surface area contributed by atoms with E-state index in [-0.39, 0.29) is 11.7 Å². The number of ether oxygens (including phenoxy) is 1. The molecule has 0 aliphatic carbocycles. The van der Waals surface area contributed by atoms with Crippen LogP contribution in [0.5, 0.6) is 0 Å². The molecule has 1 N–H and O–H groups in total. The zero-order chi connectivity index (χ0) is 12.4. The van der Waals surface area contributed by atoms with E-state index < -0.39 is 11.4 Å². The van der Waals surface area contributed by atoms with Gasteiger partial charge in [0.05, 0.1) is 17.1 Å². The van der Waals surface area contributed by atoms with E-state index in [0.717, 1.165) is 12.8 Å². The molecular formula is C13H24O3.